The van der Waals surface area contributed by atoms with Crippen molar-refractivity contribution in [3.8, 4) is 0 Å². The molecule has 1 heterocycles. The molecule has 0 bridgehead atoms. The highest BCUT2D eigenvalue weighted by atomic mass is 16.5. The highest BCUT2D eigenvalue weighted by molar-refractivity contribution is 5.88. The van der Waals surface area contributed by atoms with Crippen molar-refractivity contribution in [2.75, 3.05) is 13.7 Å². The molecule has 1 aliphatic rings. The molecular formula is C17H26N2O2. The summed E-state index contributed by atoms with van der Waals surface area (Å²) in [5, 5.41) is 3.49. The van der Waals surface area contributed by atoms with Gasteiger partial charge in [0.15, 0.2) is 0 Å². The first kappa shape index (κ1) is 16.0. The smallest absolute Gasteiger partial charge is 0.339 e. The SMILES string of the molecule is CCC1CCC(CNCc2ccc(C(=O)OC)cn2)CC1. The minimum Gasteiger partial charge on any atom is -0.465 e. The van der Waals surface area contributed by atoms with E-state index in [4.69, 9.17) is 0 Å². The second-order valence-electron chi connectivity index (χ2n) is 5.96. The molecule has 0 radical (unpaired) electrons. The molecule has 1 aromatic heterocycles. The number of nitrogens with one attached hydrogen (secondary N) is 1. The van der Waals surface area contributed by atoms with E-state index in [1.807, 2.05) is 6.07 Å². The van der Waals surface area contributed by atoms with Gasteiger partial charge in [-0.15, -0.1) is 0 Å². The summed E-state index contributed by atoms with van der Waals surface area (Å²) in [5.74, 6) is 1.42. The lowest BCUT2D eigenvalue weighted by Gasteiger charge is -2.27. The van der Waals surface area contributed by atoms with Crippen molar-refractivity contribution in [1.82, 2.24) is 10.3 Å². The van der Waals surface area contributed by atoms with Crippen molar-refractivity contribution in [1.29, 1.82) is 0 Å². The Morgan fingerprint density at radius 1 is 1.29 bits per heavy atom. The second-order valence-corrected chi connectivity index (χ2v) is 5.96. The Labute approximate surface area is 127 Å². The van der Waals surface area contributed by atoms with Gasteiger partial charge in [0.25, 0.3) is 0 Å². The van der Waals surface area contributed by atoms with Gasteiger partial charge in [-0.3, -0.25) is 4.98 Å². The molecule has 0 unspecified atom stereocenters. The van der Waals surface area contributed by atoms with Crippen LogP contribution in [0.1, 0.15) is 55.1 Å². The molecule has 2 rings (SSSR count). The molecule has 0 aliphatic heterocycles. The van der Waals surface area contributed by atoms with Gasteiger partial charge >= 0.3 is 5.97 Å². The molecule has 1 N–H and O–H groups in total. The number of hydrogen-bond acceptors (Lipinski definition) is 4. The van der Waals surface area contributed by atoms with Crippen LogP contribution in [-0.4, -0.2) is 24.6 Å². The summed E-state index contributed by atoms with van der Waals surface area (Å²) in [6, 6.07) is 3.65. The number of carbonyl (C=O) groups excluding carboxylic acids is 1. The highest BCUT2D eigenvalue weighted by Crippen LogP contribution is 2.30. The zero-order valence-electron chi connectivity index (χ0n) is 13.1. The van der Waals surface area contributed by atoms with Crippen molar-refractivity contribution in [2.24, 2.45) is 11.8 Å². The Morgan fingerprint density at radius 3 is 2.57 bits per heavy atom. The summed E-state index contributed by atoms with van der Waals surface area (Å²) in [5.41, 5.74) is 1.46. The van der Waals surface area contributed by atoms with Crippen LogP contribution < -0.4 is 5.32 Å². The molecule has 1 aromatic rings. The van der Waals surface area contributed by atoms with Gasteiger partial charge in [-0.1, -0.05) is 26.2 Å². The Kier molecular flexibility index (Phi) is 6.18. The summed E-state index contributed by atoms with van der Waals surface area (Å²) >= 11 is 0. The van der Waals surface area contributed by atoms with Crippen LogP contribution in [0.4, 0.5) is 0 Å². The first-order chi connectivity index (χ1) is 10.2. The third-order valence-electron chi connectivity index (χ3n) is 4.53. The van der Waals surface area contributed by atoms with Crippen LogP contribution in [0.3, 0.4) is 0 Å². The minimum atomic E-state index is -0.338. The topological polar surface area (TPSA) is 51.2 Å². The van der Waals surface area contributed by atoms with E-state index in [1.165, 1.54) is 39.2 Å². The molecule has 0 saturated heterocycles. The maximum Gasteiger partial charge on any atom is 0.339 e. The van der Waals surface area contributed by atoms with Gasteiger partial charge in [-0.25, -0.2) is 4.79 Å². The summed E-state index contributed by atoms with van der Waals surface area (Å²) < 4.78 is 4.66. The highest BCUT2D eigenvalue weighted by Gasteiger charge is 2.19. The van der Waals surface area contributed by atoms with Crippen LogP contribution in [0.5, 0.6) is 0 Å². The number of pyridine rings is 1. The van der Waals surface area contributed by atoms with Crippen molar-refractivity contribution in [3.63, 3.8) is 0 Å². The average molecular weight is 290 g/mol. The lowest BCUT2D eigenvalue weighted by molar-refractivity contribution is 0.0600. The van der Waals surface area contributed by atoms with E-state index < -0.39 is 0 Å². The van der Waals surface area contributed by atoms with E-state index in [0.29, 0.717) is 5.56 Å². The fraction of sp³-hybridized carbons (Fsp3) is 0.647. The quantitative estimate of drug-likeness (QED) is 0.818. The molecular weight excluding hydrogens is 264 g/mol. The molecule has 4 heteroatoms. The molecule has 1 saturated carbocycles. The van der Waals surface area contributed by atoms with Gasteiger partial charge in [0.1, 0.15) is 0 Å². The van der Waals surface area contributed by atoms with Crippen molar-refractivity contribution < 1.29 is 9.53 Å². The minimum absolute atomic E-state index is 0.338. The number of nitrogens with zero attached hydrogens (tertiary/aromatic N) is 1. The fourth-order valence-electron chi connectivity index (χ4n) is 3.02. The van der Waals surface area contributed by atoms with Gasteiger partial charge in [0.05, 0.1) is 18.4 Å². The van der Waals surface area contributed by atoms with E-state index in [2.05, 4.69) is 22.0 Å². The summed E-state index contributed by atoms with van der Waals surface area (Å²) in [7, 11) is 1.38. The van der Waals surface area contributed by atoms with E-state index in [1.54, 1.807) is 12.3 Å². The van der Waals surface area contributed by atoms with Gasteiger partial charge < -0.3 is 10.1 Å². The van der Waals surface area contributed by atoms with Gasteiger partial charge in [0, 0.05) is 12.7 Å². The first-order valence-corrected chi connectivity index (χ1v) is 7.96. The van der Waals surface area contributed by atoms with E-state index in [0.717, 1.165) is 30.6 Å². The molecule has 0 aromatic carbocycles. The number of rotatable bonds is 6. The van der Waals surface area contributed by atoms with Crippen LogP contribution in [0.15, 0.2) is 18.3 Å². The Balaban J connectivity index is 1.70. The predicted octanol–water partition coefficient (Wildman–Crippen LogP) is 3.17. The molecule has 1 fully saturated rings. The molecule has 0 amide bonds. The van der Waals surface area contributed by atoms with Crippen molar-refractivity contribution in [2.45, 2.75) is 45.6 Å². The molecule has 0 atom stereocenters. The maximum atomic E-state index is 11.3. The third kappa shape index (κ3) is 4.81. The van der Waals surface area contributed by atoms with Crippen LogP contribution in [0, 0.1) is 11.8 Å². The van der Waals surface area contributed by atoms with E-state index in [9.17, 15) is 4.79 Å². The molecule has 116 valence electrons. The Hall–Kier alpha value is -1.42. The number of carbonyl (C=O) groups is 1. The maximum absolute atomic E-state index is 11.3. The van der Waals surface area contributed by atoms with Gasteiger partial charge in [0.2, 0.25) is 0 Å². The second kappa shape index (κ2) is 8.13. The Morgan fingerprint density at radius 2 is 2.00 bits per heavy atom. The summed E-state index contributed by atoms with van der Waals surface area (Å²) in [6.07, 6.45) is 8.37. The standard InChI is InChI=1S/C17H26N2O2/c1-3-13-4-6-14(7-5-13)10-18-12-16-9-8-15(11-19-16)17(20)21-2/h8-9,11,13-14,18H,3-7,10,12H2,1-2H3. The normalized spacial score (nSPS) is 22.0. The van der Waals surface area contributed by atoms with Crippen LogP contribution in [-0.2, 0) is 11.3 Å². The van der Waals surface area contributed by atoms with Gasteiger partial charge in [-0.2, -0.15) is 0 Å². The molecule has 1 aliphatic carbocycles. The third-order valence-corrected chi connectivity index (χ3v) is 4.53. The lowest BCUT2D eigenvalue weighted by Crippen LogP contribution is -2.26. The number of esters is 1. The fourth-order valence-corrected chi connectivity index (χ4v) is 3.02. The van der Waals surface area contributed by atoms with Crippen molar-refractivity contribution >= 4 is 5.97 Å². The zero-order chi connectivity index (χ0) is 15.1. The lowest BCUT2D eigenvalue weighted by atomic mass is 9.81. The van der Waals surface area contributed by atoms with E-state index >= 15 is 0 Å². The van der Waals surface area contributed by atoms with E-state index in [-0.39, 0.29) is 5.97 Å². The molecule has 4 nitrogen and oxygen atoms in total. The predicted molar refractivity (Wildman–Crippen MR) is 83.0 cm³/mol. The number of methoxy groups -OCH3 is 1. The van der Waals surface area contributed by atoms with Crippen LogP contribution in [0.25, 0.3) is 0 Å². The van der Waals surface area contributed by atoms with Gasteiger partial charge in [-0.05, 0) is 43.4 Å². The molecule has 0 spiro atoms. The summed E-state index contributed by atoms with van der Waals surface area (Å²) in [4.78, 5) is 15.6. The first-order valence-electron chi connectivity index (χ1n) is 7.96. The number of hydrogen-bond donors (Lipinski definition) is 1. The van der Waals surface area contributed by atoms with Crippen LogP contribution >= 0.6 is 0 Å². The van der Waals surface area contributed by atoms with Crippen molar-refractivity contribution in [3.05, 3.63) is 29.6 Å². The average Bonchev–Trinajstić information content (AvgIpc) is 2.55. The monoisotopic (exact) mass is 290 g/mol. The molecule has 21 heavy (non-hydrogen) atoms. The Bertz CT molecular complexity index is 437. The summed E-state index contributed by atoms with van der Waals surface area (Å²) in [6.45, 7) is 4.12. The largest absolute Gasteiger partial charge is 0.465 e. The zero-order valence-corrected chi connectivity index (χ0v) is 13.1. The van der Waals surface area contributed by atoms with Crippen LogP contribution in [0.2, 0.25) is 0 Å². The number of aromatic nitrogens is 1. The number of ether oxygens (including phenoxy) is 1.